The van der Waals surface area contributed by atoms with Crippen LogP contribution in [0, 0.1) is 18.6 Å². The minimum Gasteiger partial charge on any atom is -0.337 e. The highest BCUT2D eigenvalue weighted by Crippen LogP contribution is 2.37. The summed E-state index contributed by atoms with van der Waals surface area (Å²) in [6.07, 6.45) is -2.54. The van der Waals surface area contributed by atoms with Gasteiger partial charge in [-0.05, 0) is 61.2 Å². The average Bonchev–Trinajstić information content (AvgIpc) is 3.56. The van der Waals surface area contributed by atoms with Crippen LogP contribution in [0.1, 0.15) is 40.0 Å². The van der Waals surface area contributed by atoms with Crippen LogP contribution in [-0.4, -0.2) is 50.6 Å². The molecule has 2 aromatic heterocycles. The molecule has 2 aromatic carbocycles. The molecule has 4 heterocycles. The van der Waals surface area contributed by atoms with Crippen molar-refractivity contribution in [2.75, 3.05) is 18.0 Å². The molecule has 0 N–H and O–H groups in total. The summed E-state index contributed by atoms with van der Waals surface area (Å²) in [6.45, 7) is 2.16. The van der Waals surface area contributed by atoms with Crippen molar-refractivity contribution in [3.8, 4) is 16.9 Å². The minimum absolute atomic E-state index is 0.0204. The Hall–Kier alpha value is -4.32. The van der Waals surface area contributed by atoms with E-state index in [1.807, 2.05) is 0 Å². The van der Waals surface area contributed by atoms with Gasteiger partial charge >= 0.3 is 6.18 Å². The van der Waals surface area contributed by atoms with Crippen molar-refractivity contribution in [3.05, 3.63) is 93.9 Å². The van der Waals surface area contributed by atoms with Crippen LogP contribution in [0.3, 0.4) is 0 Å². The lowest BCUT2D eigenvalue weighted by atomic mass is 10.0. The molecule has 13 heteroatoms. The third-order valence-corrected chi connectivity index (χ3v) is 8.04. The number of hydrogen-bond donors (Lipinski definition) is 0. The van der Waals surface area contributed by atoms with Gasteiger partial charge in [-0.1, -0.05) is 23.7 Å². The van der Waals surface area contributed by atoms with Crippen molar-refractivity contribution in [1.29, 1.82) is 0 Å². The normalized spacial score (nSPS) is 15.7. The number of likely N-dealkylation sites (tertiary alicyclic amines) is 1. The maximum atomic E-state index is 15.0. The molecule has 4 aromatic rings. The van der Waals surface area contributed by atoms with Crippen molar-refractivity contribution in [3.63, 3.8) is 0 Å². The largest absolute Gasteiger partial charge is 0.419 e. The molecular formula is C30H23ClF5N5O2. The van der Waals surface area contributed by atoms with E-state index in [4.69, 9.17) is 11.6 Å². The highest BCUT2D eigenvalue weighted by atomic mass is 35.5. The first-order chi connectivity index (χ1) is 20.4. The van der Waals surface area contributed by atoms with Gasteiger partial charge in [0.15, 0.2) is 5.69 Å². The summed E-state index contributed by atoms with van der Waals surface area (Å²) >= 11 is 5.91. The number of benzene rings is 2. The molecule has 2 aliphatic rings. The van der Waals surface area contributed by atoms with Gasteiger partial charge in [-0.25, -0.2) is 18.4 Å². The minimum atomic E-state index is -4.88. The molecule has 2 amide bonds. The summed E-state index contributed by atoms with van der Waals surface area (Å²) in [5.74, 6) is -2.55. The number of hydrogen-bond acceptors (Lipinski definition) is 4. The van der Waals surface area contributed by atoms with Gasteiger partial charge in [-0.2, -0.15) is 18.3 Å². The highest BCUT2D eigenvalue weighted by molar-refractivity contribution is 6.29. The second kappa shape index (κ2) is 10.7. The number of amides is 2. The second-order valence-electron chi connectivity index (χ2n) is 10.5. The first-order valence-corrected chi connectivity index (χ1v) is 13.8. The lowest BCUT2D eigenvalue weighted by molar-refractivity contribution is -0.140. The number of carbonyl (C=O) groups is 2. The first kappa shape index (κ1) is 28.8. The Morgan fingerprint density at radius 1 is 1.02 bits per heavy atom. The van der Waals surface area contributed by atoms with Gasteiger partial charge < -0.3 is 9.80 Å². The van der Waals surface area contributed by atoms with Gasteiger partial charge in [-0.15, -0.1) is 0 Å². The number of halogens is 6. The Kier molecular flexibility index (Phi) is 7.19. The summed E-state index contributed by atoms with van der Waals surface area (Å²) < 4.78 is 70.2. The predicted molar refractivity (Wildman–Crippen MR) is 148 cm³/mol. The Balaban J connectivity index is 1.27. The maximum Gasteiger partial charge on any atom is 0.419 e. The van der Waals surface area contributed by atoms with Gasteiger partial charge in [0.05, 0.1) is 29.1 Å². The topological polar surface area (TPSA) is 71.3 Å². The van der Waals surface area contributed by atoms with Crippen molar-refractivity contribution in [2.24, 2.45) is 0 Å². The van der Waals surface area contributed by atoms with Crippen LogP contribution in [0.4, 0.5) is 27.6 Å². The summed E-state index contributed by atoms with van der Waals surface area (Å²) in [7, 11) is 0. The third kappa shape index (κ3) is 5.24. The summed E-state index contributed by atoms with van der Waals surface area (Å²) in [5.41, 5.74) is 0.641. The van der Waals surface area contributed by atoms with Crippen LogP contribution < -0.4 is 4.90 Å². The fourth-order valence-corrected chi connectivity index (χ4v) is 5.75. The zero-order valence-corrected chi connectivity index (χ0v) is 23.4. The summed E-state index contributed by atoms with van der Waals surface area (Å²) in [6, 6.07) is 10.0. The smallest absolute Gasteiger partial charge is 0.337 e. The number of aromatic nitrogens is 3. The van der Waals surface area contributed by atoms with Gasteiger partial charge in [0.25, 0.3) is 5.91 Å². The molecule has 0 saturated carbocycles. The van der Waals surface area contributed by atoms with Crippen LogP contribution in [-0.2, 0) is 17.4 Å². The van der Waals surface area contributed by atoms with E-state index in [0.29, 0.717) is 47.4 Å². The molecule has 1 saturated heterocycles. The molecule has 0 spiro atoms. The van der Waals surface area contributed by atoms with E-state index in [2.05, 4.69) is 10.1 Å². The van der Waals surface area contributed by atoms with Crippen molar-refractivity contribution in [2.45, 2.75) is 38.4 Å². The number of pyridine rings is 1. The van der Waals surface area contributed by atoms with E-state index in [-0.39, 0.29) is 53.7 Å². The fourth-order valence-electron chi connectivity index (χ4n) is 5.64. The standard InChI is InChI=1S/C30H23ClF5N5O2/c1-16-2-3-17-12-26(42)40(28(17)27(16)33)19-8-10-39(11-9-19)29(43)23-14-24(18-4-7-25(31)37-15-18)41(38-23)20-5-6-21(22(32)13-20)30(34,35)36/h2-7,13-15,19H,8-12H2,1H3. The van der Waals surface area contributed by atoms with E-state index < -0.39 is 29.3 Å². The molecule has 0 radical (unpaired) electrons. The molecule has 2 aliphatic heterocycles. The van der Waals surface area contributed by atoms with Gasteiger partial charge in [0.2, 0.25) is 5.91 Å². The number of rotatable bonds is 4. The number of anilines is 1. The van der Waals surface area contributed by atoms with Gasteiger partial charge in [-0.3, -0.25) is 9.59 Å². The molecule has 7 nitrogen and oxygen atoms in total. The molecule has 222 valence electrons. The van der Waals surface area contributed by atoms with Crippen molar-refractivity contribution < 1.29 is 31.5 Å². The molecule has 0 aliphatic carbocycles. The molecule has 0 unspecified atom stereocenters. The number of nitrogens with zero attached hydrogens (tertiary/aromatic N) is 5. The Labute approximate surface area is 247 Å². The van der Waals surface area contributed by atoms with Crippen molar-refractivity contribution in [1.82, 2.24) is 19.7 Å². The second-order valence-corrected chi connectivity index (χ2v) is 10.9. The molecular weight excluding hydrogens is 593 g/mol. The fraction of sp³-hybridized carbons (Fsp3) is 0.267. The zero-order chi connectivity index (χ0) is 30.6. The molecule has 0 bridgehead atoms. The van der Waals surface area contributed by atoms with Crippen LogP contribution in [0.15, 0.2) is 54.7 Å². The average molecular weight is 616 g/mol. The number of aryl methyl sites for hydroxylation is 1. The molecule has 6 rings (SSSR count). The summed E-state index contributed by atoms with van der Waals surface area (Å²) in [4.78, 5) is 33.5. The number of piperidine rings is 1. The SMILES string of the molecule is Cc1ccc2c(c1F)N(C1CCN(C(=O)c3cc(-c4ccc(Cl)nc4)n(-c4ccc(C(F)(F)F)c(F)c4)n3)CC1)C(=O)C2. The van der Waals surface area contributed by atoms with E-state index in [1.165, 1.54) is 27.9 Å². The monoisotopic (exact) mass is 615 g/mol. The Morgan fingerprint density at radius 3 is 2.42 bits per heavy atom. The molecule has 43 heavy (non-hydrogen) atoms. The number of fused-ring (bicyclic) bond motifs is 1. The molecule has 0 atom stereocenters. The first-order valence-electron chi connectivity index (χ1n) is 13.4. The highest BCUT2D eigenvalue weighted by Gasteiger charge is 2.38. The number of carbonyl (C=O) groups excluding carboxylic acids is 2. The maximum absolute atomic E-state index is 15.0. The van der Waals surface area contributed by atoms with Crippen LogP contribution in [0.2, 0.25) is 5.15 Å². The lowest BCUT2D eigenvalue weighted by Gasteiger charge is -2.37. The summed E-state index contributed by atoms with van der Waals surface area (Å²) in [5, 5.41) is 4.55. The van der Waals surface area contributed by atoms with Crippen LogP contribution >= 0.6 is 11.6 Å². The van der Waals surface area contributed by atoms with E-state index >= 15 is 0 Å². The van der Waals surface area contributed by atoms with Crippen molar-refractivity contribution >= 4 is 29.1 Å². The Bertz CT molecular complexity index is 1750. The number of alkyl halides is 3. The Morgan fingerprint density at radius 2 is 1.77 bits per heavy atom. The van der Waals surface area contributed by atoms with Crippen LogP contribution in [0.5, 0.6) is 0 Å². The lowest BCUT2D eigenvalue weighted by Crippen LogP contribution is -2.48. The predicted octanol–water partition coefficient (Wildman–Crippen LogP) is 6.39. The van der Waals surface area contributed by atoms with E-state index in [9.17, 15) is 31.5 Å². The quantitative estimate of drug-likeness (QED) is 0.197. The third-order valence-electron chi connectivity index (χ3n) is 7.82. The van der Waals surface area contributed by atoms with Gasteiger partial charge in [0.1, 0.15) is 16.8 Å². The molecule has 1 fully saturated rings. The zero-order valence-electron chi connectivity index (χ0n) is 22.6. The van der Waals surface area contributed by atoms with Gasteiger partial charge in [0, 0.05) is 37.0 Å². The van der Waals surface area contributed by atoms with E-state index in [0.717, 1.165) is 6.07 Å². The van der Waals surface area contributed by atoms with E-state index in [1.54, 1.807) is 30.0 Å². The van der Waals surface area contributed by atoms with Crippen LogP contribution in [0.25, 0.3) is 16.9 Å².